The minimum absolute atomic E-state index is 0.102. The normalized spacial score (nSPS) is 21.6. The lowest BCUT2D eigenvalue weighted by Gasteiger charge is -2.24. The number of amides is 1. The van der Waals surface area contributed by atoms with Crippen LogP contribution in [0, 0.1) is 5.41 Å². The number of carbonyl (C=O) groups excluding carboxylic acids is 1. The second-order valence-electron chi connectivity index (χ2n) is 4.84. The lowest BCUT2D eigenvalue weighted by Crippen LogP contribution is -2.37. The highest BCUT2D eigenvalue weighted by Gasteiger charge is 2.42. The zero-order chi connectivity index (χ0) is 11.9. The lowest BCUT2D eigenvalue weighted by atomic mass is 9.85. The van der Waals surface area contributed by atoms with Crippen molar-refractivity contribution in [3.63, 3.8) is 0 Å². The first-order chi connectivity index (χ1) is 8.20. The summed E-state index contributed by atoms with van der Waals surface area (Å²) in [6.45, 7) is 0.667. The first kappa shape index (κ1) is 10.8. The second-order valence-corrected chi connectivity index (χ2v) is 5.28. The molecule has 5 heteroatoms. The molecule has 1 spiro atoms. The highest BCUT2D eigenvalue weighted by atomic mass is 35.5. The van der Waals surface area contributed by atoms with E-state index in [9.17, 15) is 4.79 Å². The van der Waals surface area contributed by atoms with Crippen LogP contribution in [0.3, 0.4) is 0 Å². The Morgan fingerprint density at radius 3 is 2.88 bits per heavy atom. The highest BCUT2D eigenvalue weighted by Crippen LogP contribution is 2.41. The molecule has 0 bridgehead atoms. The van der Waals surface area contributed by atoms with E-state index in [1.807, 2.05) is 0 Å². The van der Waals surface area contributed by atoms with Gasteiger partial charge in [-0.15, -0.1) is 0 Å². The zero-order valence-electron chi connectivity index (χ0n) is 9.42. The van der Waals surface area contributed by atoms with Crippen LogP contribution in [0.2, 0.25) is 5.02 Å². The molecule has 3 rings (SSSR count). The SMILES string of the molecule is O=C1Nc2cc(Cl)cnc2NCC12CCCC2. The third-order valence-corrected chi connectivity index (χ3v) is 3.95. The van der Waals surface area contributed by atoms with Crippen LogP contribution in [0.15, 0.2) is 12.3 Å². The molecule has 0 aromatic carbocycles. The van der Waals surface area contributed by atoms with Crippen molar-refractivity contribution in [2.24, 2.45) is 5.41 Å². The maximum absolute atomic E-state index is 12.3. The number of pyridine rings is 1. The number of fused-ring (bicyclic) bond motifs is 1. The van der Waals surface area contributed by atoms with E-state index in [4.69, 9.17) is 11.6 Å². The molecule has 1 saturated carbocycles. The molecule has 90 valence electrons. The molecule has 2 heterocycles. The average molecular weight is 252 g/mol. The van der Waals surface area contributed by atoms with E-state index < -0.39 is 0 Å². The van der Waals surface area contributed by atoms with E-state index in [1.165, 1.54) is 0 Å². The molecule has 1 amide bonds. The summed E-state index contributed by atoms with van der Waals surface area (Å²) < 4.78 is 0. The van der Waals surface area contributed by atoms with Gasteiger partial charge in [-0.2, -0.15) is 0 Å². The number of hydrogen-bond donors (Lipinski definition) is 2. The minimum atomic E-state index is -0.257. The summed E-state index contributed by atoms with van der Waals surface area (Å²) in [5.74, 6) is 0.817. The third-order valence-electron chi connectivity index (χ3n) is 3.74. The van der Waals surface area contributed by atoms with Gasteiger partial charge in [-0.25, -0.2) is 4.98 Å². The van der Waals surface area contributed by atoms with Gasteiger partial charge in [0.05, 0.1) is 16.1 Å². The third kappa shape index (κ3) is 1.76. The van der Waals surface area contributed by atoms with Crippen molar-refractivity contribution in [2.45, 2.75) is 25.7 Å². The number of halogens is 1. The maximum Gasteiger partial charge on any atom is 0.232 e. The quantitative estimate of drug-likeness (QED) is 0.745. The van der Waals surface area contributed by atoms with Crippen molar-refractivity contribution in [3.05, 3.63) is 17.3 Å². The van der Waals surface area contributed by atoms with Gasteiger partial charge in [-0.1, -0.05) is 24.4 Å². The number of rotatable bonds is 0. The van der Waals surface area contributed by atoms with Crippen molar-refractivity contribution in [1.82, 2.24) is 4.98 Å². The van der Waals surface area contributed by atoms with Crippen LogP contribution >= 0.6 is 11.6 Å². The van der Waals surface area contributed by atoms with Gasteiger partial charge < -0.3 is 10.6 Å². The molecular weight excluding hydrogens is 238 g/mol. The van der Waals surface area contributed by atoms with E-state index in [0.29, 0.717) is 23.1 Å². The largest absolute Gasteiger partial charge is 0.367 e. The van der Waals surface area contributed by atoms with Gasteiger partial charge in [0.1, 0.15) is 5.82 Å². The number of nitrogens with one attached hydrogen (secondary N) is 2. The van der Waals surface area contributed by atoms with Crippen LogP contribution in [0.25, 0.3) is 0 Å². The summed E-state index contributed by atoms with van der Waals surface area (Å²) in [7, 11) is 0. The van der Waals surface area contributed by atoms with Gasteiger partial charge in [0.15, 0.2) is 0 Å². The van der Waals surface area contributed by atoms with Crippen molar-refractivity contribution in [2.75, 3.05) is 17.2 Å². The van der Waals surface area contributed by atoms with Crippen molar-refractivity contribution >= 4 is 29.0 Å². The van der Waals surface area contributed by atoms with Gasteiger partial charge in [0.2, 0.25) is 5.91 Å². The van der Waals surface area contributed by atoms with Gasteiger partial charge in [-0.3, -0.25) is 4.79 Å². The number of aromatic nitrogens is 1. The molecule has 1 aromatic heterocycles. The molecule has 1 aromatic rings. The van der Waals surface area contributed by atoms with Crippen LogP contribution in [-0.2, 0) is 4.79 Å². The molecule has 2 N–H and O–H groups in total. The minimum Gasteiger partial charge on any atom is -0.367 e. The molecule has 0 radical (unpaired) electrons. The summed E-state index contributed by atoms with van der Waals surface area (Å²) >= 11 is 5.89. The van der Waals surface area contributed by atoms with E-state index in [-0.39, 0.29) is 11.3 Å². The fourth-order valence-corrected chi connectivity index (χ4v) is 2.88. The Morgan fingerprint density at radius 2 is 2.12 bits per heavy atom. The number of nitrogens with zero attached hydrogens (tertiary/aromatic N) is 1. The molecule has 1 fully saturated rings. The van der Waals surface area contributed by atoms with E-state index in [1.54, 1.807) is 12.3 Å². The molecule has 1 aliphatic carbocycles. The molecule has 17 heavy (non-hydrogen) atoms. The Labute approximate surface area is 105 Å². The van der Waals surface area contributed by atoms with Crippen LogP contribution in [-0.4, -0.2) is 17.4 Å². The smallest absolute Gasteiger partial charge is 0.232 e. The predicted octanol–water partition coefficient (Wildman–Crippen LogP) is 2.66. The Hall–Kier alpha value is -1.29. The molecule has 2 aliphatic rings. The number of carbonyl (C=O) groups is 1. The first-order valence-corrected chi connectivity index (χ1v) is 6.28. The summed E-state index contributed by atoms with van der Waals surface area (Å²) in [6.07, 6.45) is 5.74. The molecule has 4 nitrogen and oxygen atoms in total. The zero-order valence-corrected chi connectivity index (χ0v) is 10.2. The van der Waals surface area contributed by atoms with Crippen LogP contribution in [0.1, 0.15) is 25.7 Å². The molecule has 1 aliphatic heterocycles. The number of hydrogen-bond acceptors (Lipinski definition) is 3. The Morgan fingerprint density at radius 1 is 1.35 bits per heavy atom. The number of anilines is 2. The van der Waals surface area contributed by atoms with Crippen LogP contribution in [0.4, 0.5) is 11.5 Å². The summed E-state index contributed by atoms with van der Waals surface area (Å²) in [4.78, 5) is 16.5. The van der Waals surface area contributed by atoms with Crippen molar-refractivity contribution < 1.29 is 4.79 Å². The van der Waals surface area contributed by atoms with E-state index in [0.717, 1.165) is 25.7 Å². The molecule has 0 saturated heterocycles. The van der Waals surface area contributed by atoms with E-state index in [2.05, 4.69) is 15.6 Å². The van der Waals surface area contributed by atoms with Gasteiger partial charge >= 0.3 is 0 Å². The predicted molar refractivity (Wildman–Crippen MR) is 67.3 cm³/mol. The monoisotopic (exact) mass is 251 g/mol. The standard InChI is InChI=1S/C12H14ClN3O/c13-8-5-9-10(14-6-8)15-7-12(11(17)16-9)3-1-2-4-12/h5-6H,1-4,7H2,(H,14,15)(H,16,17). The first-order valence-electron chi connectivity index (χ1n) is 5.91. The Bertz CT molecular complexity index is 469. The topological polar surface area (TPSA) is 54.0 Å². The highest BCUT2D eigenvalue weighted by molar-refractivity contribution is 6.31. The molecule has 0 atom stereocenters. The van der Waals surface area contributed by atoms with Gasteiger partial charge in [-0.05, 0) is 18.9 Å². The fourth-order valence-electron chi connectivity index (χ4n) is 2.72. The van der Waals surface area contributed by atoms with Gasteiger partial charge in [0.25, 0.3) is 0 Å². The van der Waals surface area contributed by atoms with Crippen molar-refractivity contribution in [3.8, 4) is 0 Å². The maximum atomic E-state index is 12.3. The van der Waals surface area contributed by atoms with Gasteiger partial charge in [0, 0.05) is 12.7 Å². The second kappa shape index (κ2) is 3.88. The van der Waals surface area contributed by atoms with Crippen LogP contribution < -0.4 is 10.6 Å². The van der Waals surface area contributed by atoms with Crippen molar-refractivity contribution in [1.29, 1.82) is 0 Å². The fraction of sp³-hybridized carbons (Fsp3) is 0.500. The average Bonchev–Trinajstić information content (AvgIpc) is 2.73. The Balaban J connectivity index is 1.96. The molecule has 0 unspecified atom stereocenters. The summed E-state index contributed by atoms with van der Waals surface area (Å²) in [6, 6.07) is 1.74. The van der Waals surface area contributed by atoms with E-state index >= 15 is 0 Å². The Kier molecular flexibility index (Phi) is 2.47. The lowest BCUT2D eigenvalue weighted by molar-refractivity contribution is -0.124. The summed E-state index contributed by atoms with van der Waals surface area (Å²) in [5.41, 5.74) is 0.430. The van der Waals surface area contributed by atoms with Crippen LogP contribution in [0.5, 0.6) is 0 Å². The summed E-state index contributed by atoms with van der Waals surface area (Å²) in [5, 5.41) is 6.75. The molecular formula is C12H14ClN3O.